The Morgan fingerprint density at radius 1 is 0.933 bits per heavy atom. The average Bonchev–Trinajstić information content (AvgIpc) is 3.20. The predicted octanol–water partition coefficient (Wildman–Crippen LogP) is 2.85. The Labute approximate surface area is 264 Å². The summed E-state index contributed by atoms with van der Waals surface area (Å²) in [5.41, 5.74) is 1.85. The fourth-order valence-electron chi connectivity index (χ4n) is 7.42. The van der Waals surface area contributed by atoms with Crippen LogP contribution in [0.4, 0.5) is 10.5 Å². The van der Waals surface area contributed by atoms with E-state index in [1.807, 2.05) is 33.8 Å². The average molecular weight is 624 g/mol. The highest BCUT2D eigenvalue weighted by Crippen LogP contribution is 2.37. The second-order valence-corrected chi connectivity index (χ2v) is 14.2. The third kappa shape index (κ3) is 6.18. The second kappa shape index (κ2) is 12.0. The molecule has 4 fully saturated rings. The third-order valence-electron chi connectivity index (χ3n) is 9.87. The van der Waals surface area contributed by atoms with Crippen molar-refractivity contribution in [2.75, 3.05) is 37.6 Å². The summed E-state index contributed by atoms with van der Waals surface area (Å²) in [4.78, 5) is 70.8. The number of rotatable bonds is 5. The number of imide groups is 2. The summed E-state index contributed by atoms with van der Waals surface area (Å²) >= 11 is 0. The van der Waals surface area contributed by atoms with E-state index in [-0.39, 0.29) is 43.1 Å². The minimum Gasteiger partial charge on any atom is -0.444 e. The number of anilines is 1. The maximum absolute atomic E-state index is 13.5. The highest BCUT2D eigenvalue weighted by molar-refractivity contribution is 6.24. The lowest BCUT2D eigenvalue weighted by Crippen LogP contribution is -2.59. The number of piperazine rings is 1. The first kappa shape index (κ1) is 31.5. The van der Waals surface area contributed by atoms with Crippen LogP contribution in [0, 0.1) is 6.92 Å². The van der Waals surface area contributed by atoms with Crippen LogP contribution >= 0.6 is 0 Å². The van der Waals surface area contributed by atoms with Crippen molar-refractivity contribution >= 4 is 35.4 Å². The molecule has 12 nitrogen and oxygen atoms in total. The van der Waals surface area contributed by atoms with Crippen LogP contribution < -0.4 is 10.2 Å². The standard InChI is InChI=1S/C33H45N5O7/c1-19-18-36(21-16-23(17-21)44-22-10-12-35(13-11-22)32(43)45-33(3,4)5)14-15-37(19)25-7-6-24-28(20(25)2)31(42)38(30(24)41)26-8-9-27(39)34-29(26)40/h6-7,19,21-23,26H,8-18H2,1-5H3,(H,34,39,40)/t19-,21?,23?,26-/m1/s1. The van der Waals surface area contributed by atoms with Gasteiger partial charge in [0, 0.05) is 56.9 Å². The van der Waals surface area contributed by atoms with Gasteiger partial charge < -0.3 is 19.3 Å². The molecule has 0 spiro atoms. The van der Waals surface area contributed by atoms with Crippen molar-refractivity contribution < 1.29 is 33.4 Å². The van der Waals surface area contributed by atoms with Gasteiger partial charge in [-0.1, -0.05) is 0 Å². The zero-order valence-corrected chi connectivity index (χ0v) is 27.0. The van der Waals surface area contributed by atoms with E-state index >= 15 is 0 Å². The highest BCUT2D eigenvalue weighted by Gasteiger charge is 2.46. The molecule has 1 aromatic rings. The summed E-state index contributed by atoms with van der Waals surface area (Å²) in [6.45, 7) is 13.6. The van der Waals surface area contributed by atoms with Gasteiger partial charge in [-0.15, -0.1) is 0 Å². The first-order chi connectivity index (χ1) is 21.3. The number of nitrogens with one attached hydrogen (secondary N) is 1. The molecule has 5 aliphatic rings. The van der Waals surface area contributed by atoms with Gasteiger partial charge in [-0.3, -0.25) is 34.3 Å². The van der Waals surface area contributed by atoms with Crippen molar-refractivity contribution in [2.45, 2.75) is 109 Å². The molecule has 1 aromatic carbocycles. The molecule has 0 unspecified atom stereocenters. The number of piperidine rings is 2. The Kier molecular flexibility index (Phi) is 8.40. The fourth-order valence-corrected chi connectivity index (χ4v) is 7.42. The van der Waals surface area contributed by atoms with E-state index < -0.39 is 29.4 Å². The number of ether oxygens (including phenoxy) is 2. The van der Waals surface area contributed by atoms with Crippen molar-refractivity contribution in [3.05, 3.63) is 28.8 Å². The van der Waals surface area contributed by atoms with Gasteiger partial charge in [-0.25, -0.2) is 4.79 Å². The van der Waals surface area contributed by atoms with Crippen LogP contribution in [0.3, 0.4) is 0 Å². The molecule has 0 bridgehead atoms. The lowest BCUT2D eigenvalue weighted by atomic mass is 9.86. The molecule has 3 saturated heterocycles. The molecule has 1 aliphatic carbocycles. The molecule has 0 radical (unpaired) electrons. The summed E-state index contributed by atoms with van der Waals surface area (Å²) in [5, 5.41) is 2.25. The zero-order chi connectivity index (χ0) is 32.2. The first-order valence-electron chi connectivity index (χ1n) is 16.3. The van der Waals surface area contributed by atoms with Crippen molar-refractivity contribution in [1.29, 1.82) is 0 Å². The van der Waals surface area contributed by atoms with E-state index in [0.29, 0.717) is 30.3 Å². The molecule has 0 aromatic heterocycles. The van der Waals surface area contributed by atoms with Crippen LogP contribution in [0.1, 0.15) is 92.5 Å². The Balaban J connectivity index is 1.00. The van der Waals surface area contributed by atoms with Crippen molar-refractivity contribution in [2.24, 2.45) is 0 Å². The monoisotopic (exact) mass is 623 g/mol. The van der Waals surface area contributed by atoms with E-state index in [1.165, 1.54) is 0 Å². The molecule has 244 valence electrons. The molecule has 1 saturated carbocycles. The smallest absolute Gasteiger partial charge is 0.410 e. The minimum absolute atomic E-state index is 0.0961. The van der Waals surface area contributed by atoms with Crippen LogP contribution in [-0.4, -0.2) is 113 Å². The van der Waals surface area contributed by atoms with Crippen molar-refractivity contribution in [3.8, 4) is 0 Å². The zero-order valence-electron chi connectivity index (χ0n) is 27.0. The molecule has 2 atom stereocenters. The summed E-state index contributed by atoms with van der Waals surface area (Å²) in [5.74, 6) is -1.93. The van der Waals surface area contributed by atoms with Gasteiger partial charge in [0.25, 0.3) is 11.8 Å². The van der Waals surface area contributed by atoms with E-state index in [4.69, 9.17) is 9.47 Å². The first-order valence-corrected chi connectivity index (χ1v) is 16.3. The molecule has 4 heterocycles. The number of carbonyl (C=O) groups is 5. The molecule has 4 aliphatic heterocycles. The largest absolute Gasteiger partial charge is 0.444 e. The van der Waals surface area contributed by atoms with Crippen molar-refractivity contribution in [1.82, 2.24) is 20.0 Å². The third-order valence-corrected chi connectivity index (χ3v) is 9.87. The van der Waals surface area contributed by atoms with Gasteiger partial charge >= 0.3 is 6.09 Å². The summed E-state index contributed by atoms with van der Waals surface area (Å²) in [6, 6.07) is 3.32. The lowest BCUT2D eigenvalue weighted by Gasteiger charge is -2.50. The topological polar surface area (TPSA) is 129 Å². The lowest BCUT2D eigenvalue weighted by molar-refractivity contribution is -0.136. The van der Waals surface area contributed by atoms with E-state index in [2.05, 4.69) is 22.0 Å². The molecular formula is C33H45N5O7. The number of nitrogens with zero attached hydrogens (tertiary/aromatic N) is 4. The summed E-state index contributed by atoms with van der Waals surface area (Å²) in [6.07, 6.45) is 4.08. The molecule has 5 amide bonds. The van der Waals surface area contributed by atoms with Crippen LogP contribution in [0.25, 0.3) is 0 Å². The Bertz CT molecular complexity index is 1390. The van der Waals surface area contributed by atoms with Crippen LogP contribution in [-0.2, 0) is 19.1 Å². The molecular weight excluding hydrogens is 578 g/mol. The van der Waals surface area contributed by atoms with E-state index in [1.54, 1.807) is 11.0 Å². The van der Waals surface area contributed by atoms with Crippen LogP contribution in [0.15, 0.2) is 12.1 Å². The number of hydrogen-bond acceptors (Lipinski definition) is 9. The quantitative estimate of drug-likeness (QED) is 0.493. The minimum atomic E-state index is -0.972. The molecule has 45 heavy (non-hydrogen) atoms. The van der Waals surface area contributed by atoms with Gasteiger partial charge in [0.2, 0.25) is 11.8 Å². The van der Waals surface area contributed by atoms with Crippen molar-refractivity contribution in [3.63, 3.8) is 0 Å². The van der Waals surface area contributed by atoms with Gasteiger partial charge in [0.1, 0.15) is 11.6 Å². The van der Waals surface area contributed by atoms with E-state index in [0.717, 1.165) is 61.5 Å². The Morgan fingerprint density at radius 2 is 1.64 bits per heavy atom. The van der Waals surface area contributed by atoms with Crippen LogP contribution in [0.2, 0.25) is 0 Å². The fraction of sp³-hybridized carbons (Fsp3) is 0.667. The number of hydrogen-bond donors (Lipinski definition) is 1. The SMILES string of the molecule is Cc1c(N2CCN(C3CC(OC4CCN(C(=O)OC(C)(C)C)CC4)C3)C[C@H]2C)ccc2c1C(=O)N([C@@H]1CCC(=O)NC1=O)C2=O. The molecule has 12 heteroatoms. The number of likely N-dealkylation sites (tertiary alicyclic amines) is 1. The number of fused-ring (bicyclic) bond motifs is 1. The number of benzene rings is 1. The van der Waals surface area contributed by atoms with E-state index in [9.17, 15) is 24.0 Å². The molecule has 1 N–H and O–H groups in total. The van der Waals surface area contributed by atoms with Gasteiger partial charge in [-0.2, -0.15) is 0 Å². The number of carbonyl (C=O) groups excluding carboxylic acids is 5. The maximum atomic E-state index is 13.5. The Morgan fingerprint density at radius 3 is 2.29 bits per heavy atom. The maximum Gasteiger partial charge on any atom is 0.410 e. The normalized spacial score (nSPS) is 28.2. The highest BCUT2D eigenvalue weighted by atomic mass is 16.6. The molecule has 6 rings (SSSR count). The van der Waals surface area contributed by atoms with Gasteiger partial charge in [0.05, 0.1) is 23.3 Å². The number of amides is 5. The predicted molar refractivity (Wildman–Crippen MR) is 165 cm³/mol. The van der Waals surface area contributed by atoms with Gasteiger partial charge in [0.15, 0.2) is 0 Å². The Hall–Kier alpha value is -3.51. The second-order valence-electron chi connectivity index (χ2n) is 14.2. The van der Waals surface area contributed by atoms with Gasteiger partial charge in [-0.05, 0) is 84.4 Å². The summed E-state index contributed by atoms with van der Waals surface area (Å²) in [7, 11) is 0. The summed E-state index contributed by atoms with van der Waals surface area (Å²) < 4.78 is 11.9. The van der Waals surface area contributed by atoms with Crippen LogP contribution in [0.5, 0.6) is 0 Å².